The first-order valence-corrected chi connectivity index (χ1v) is 11.9. The lowest BCUT2D eigenvalue weighted by molar-refractivity contribution is -0.387. The van der Waals surface area contributed by atoms with E-state index in [4.69, 9.17) is 8.92 Å². The largest absolute Gasteiger partial charge is 0.493 e. The van der Waals surface area contributed by atoms with Crippen LogP contribution in [0.4, 0.5) is 11.4 Å². The van der Waals surface area contributed by atoms with Crippen molar-refractivity contribution in [1.29, 1.82) is 5.26 Å². The van der Waals surface area contributed by atoms with Gasteiger partial charge in [-0.15, -0.1) is 0 Å². The van der Waals surface area contributed by atoms with Crippen LogP contribution in [-0.2, 0) is 14.9 Å². The number of para-hydroxylation sites is 1. The van der Waals surface area contributed by atoms with Crippen LogP contribution in [0.2, 0.25) is 0 Å². The van der Waals surface area contributed by atoms with Gasteiger partial charge in [0.25, 0.3) is 11.6 Å². The summed E-state index contributed by atoms with van der Waals surface area (Å²) in [5.74, 6) is -0.916. The van der Waals surface area contributed by atoms with E-state index in [1.165, 1.54) is 43.5 Å². The summed E-state index contributed by atoms with van der Waals surface area (Å²) in [5.41, 5.74) is -0.0154. The summed E-state index contributed by atoms with van der Waals surface area (Å²) >= 11 is 3.29. The fourth-order valence-electron chi connectivity index (χ4n) is 2.87. The van der Waals surface area contributed by atoms with E-state index in [0.717, 1.165) is 16.6 Å². The zero-order chi connectivity index (χ0) is 25.6. The van der Waals surface area contributed by atoms with Crippen LogP contribution < -0.4 is 14.2 Å². The molecule has 1 amide bonds. The van der Waals surface area contributed by atoms with Gasteiger partial charge in [0.15, 0.2) is 16.4 Å². The smallest absolute Gasteiger partial charge is 0.346 e. The van der Waals surface area contributed by atoms with Crippen molar-refractivity contribution in [3.8, 4) is 17.6 Å². The summed E-state index contributed by atoms with van der Waals surface area (Å²) in [6.45, 7) is 0. The Bertz CT molecular complexity index is 1460. The predicted molar refractivity (Wildman–Crippen MR) is 130 cm³/mol. The van der Waals surface area contributed by atoms with Crippen LogP contribution in [-0.4, -0.2) is 26.4 Å². The number of rotatable bonds is 8. The molecule has 3 rings (SSSR count). The maximum atomic E-state index is 12.7. The molecule has 0 saturated heterocycles. The van der Waals surface area contributed by atoms with Gasteiger partial charge in [0, 0.05) is 16.2 Å². The van der Waals surface area contributed by atoms with Gasteiger partial charge in [0.1, 0.15) is 11.6 Å². The van der Waals surface area contributed by atoms with E-state index in [2.05, 4.69) is 21.2 Å². The van der Waals surface area contributed by atoms with Gasteiger partial charge >= 0.3 is 10.1 Å². The molecular formula is C23H16BrN3O7S. The maximum absolute atomic E-state index is 12.7. The van der Waals surface area contributed by atoms with Gasteiger partial charge in [0.05, 0.1) is 12.0 Å². The van der Waals surface area contributed by atoms with Crippen LogP contribution in [0.5, 0.6) is 11.5 Å². The normalized spacial score (nSPS) is 11.3. The average Bonchev–Trinajstić information content (AvgIpc) is 2.84. The van der Waals surface area contributed by atoms with Gasteiger partial charge in [-0.05, 0) is 54.1 Å². The number of carbonyl (C=O) groups is 1. The lowest BCUT2D eigenvalue weighted by Crippen LogP contribution is -2.13. The van der Waals surface area contributed by atoms with E-state index < -0.39 is 31.5 Å². The molecule has 0 saturated carbocycles. The topological polar surface area (TPSA) is 149 Å². The molecule has 0 bridgehead atoms. The van der Waals surface area contributed by atoms with Gasteiger partial charge in [-0.1, -0.05) is 34.1 Å². The van der Waals surface area contributed by atoms with Crippen molar-refractivity contribution in [2.24, 2.45) is 0 Å². The minimum atomic E-state index is -4.57. The summed E-state index contributed by atoms with van der Waals surface area (Å²) in [6, 6.07) is 17.4. The summed E-state index contributed by atoms with van der Waals surface area (Å²) in [4.78, 5) is 22.2. The Hall–Kier alpha value is -4.21. The highest BCUT2D eigenvalue weighted by Gasteiger charge is 2.28. The maximum Gasteiger partial charge on any atom is 0.346 e. The van der Waals surface area contributed by atoms with Crippen molar-refractivity contribution >= 4 is 49.4 Å². The van der Waals surface area contributed by atoms with E-state index in [-0.39, 0.29) is 17.1 Å². The lowest BCUT2D eigenvalue weighted by Gasteiger charge is -2.12. The summed E-state index contributed by atoms with van der Waals surface area (Å²) in [7, 11) is -3.31. The van der Waals surface area contributed by atoms with Crippen molar-refractivity contribution in [3.05, 3.63) is 92.5 Å². The number of halogens is 1. The molecule has 1 N–H and O–H groups in total. The second-order valence-electron chi connectivity index (χ2n) is 6.80. The molecule has 0 unspecified atom stereocenters. The number of nitrogens with one attached hydrogen (secondary N) is 1. The molecule has 3 aromatic rings. The Morgan fingerprint density at radius 2 is 1.80 bits per heavy atom. The van der Waals surface area contributed by atoms with E-state index in [9.17, 15) is 28.6 Å². The number of nitro benzene ring substituents is 1. The first kappa shape index (κ1) is 25.4. The van der Waals surface area contributed by atoms with Crippen LogP contribution in [0.1, 0.15) is 5.56 Å². The highest BCUT2D eigenvalue weighted by Crippen LogP contribution is 2.33. The SMILES string of the molecule is COc1cc(/C=C(\C#N)C(=O)Nc2ccc(Br)cc2)ccc1OS(=O)(=O)c1ccccc1[N+](=O)[O-]. The van der Waals surface area contributed by atoms with Crippen LogP contribution in [0, 0.1) is 21.4 Å². The number of nitriles is 1. The molecule has 0 spiro atoms. The number of hydrogen-bond donors (Lipinski definition) is 1. The van der Waals surface area contributed by atoms with Crippen LogP contribution >= 0.6 is 15.9 Å². The van der Waals surface area contributed by atoms with Gasteiger partial charge in [-0.25, -0.2) is 0 Å². The molecule has 178 valence electrons. The first-order chi connectivity index (χ1) is 16.6. The Labute approximate surface area is 208 Å². The third-order valence-electron chi connectivity index (χ3n) is 4.50. The molecule has 35 heavy (non-hydrogen) atoms. The van der Waals surface area contributed by atoms with Crippen molar-refractivity contribution in [2.45, 2.75) is 4.90 Å². The molecule has 0 aliphatic heterocycles. The number of nitrogens with zero attached hydrogens (tertiary/aromatic N) is 2. The zero-order valence-electron chi connectivity index (χ0n) is 18.0. The molecule has 12 heteroatoms. The number of ether oxygens (including phenoxy) is 1. The Kier molecular flexibility index (Phi) is 7.85. The molecule has 0 aromatic heterocycles. The monoisotopic (exact) mass is 557 g/mol. The van der Waals surface area contributed by atoms with Gasteiger partial charge in [-0.3, -0.25) is 14.9 Å². The minimum Gasteiger partial charge on any atom is -0.493 e. The van der Waals surface area contributed by atoms with Crippen molar-refractivity contribution in [2.75, 3.05) is 12.4 Å². The molecule has 0 aliphatic carbocycles. The Morgan fingerprint density at radius 3 is 2.43 bits per heavy atom. The van der Waals surface area contributed by atoms with E-state index in [1.54, 1.807) is 24.3 Å². The first-order valence-electron chi connectivity index (χ1n) is 9.69. The third-order valence-corrected chi connectivity index (χ3v) is 6.31. The highest BCUT2D eigenvalue weighted by atomic mass is 79.9. The molecular weight excluding hydrogens is 542 g/mol. The van der Waals surface area contributed by atoms with Crippen LogP contribution in [0.25, 0.3) is 6.08 Å². The van der Waals surface area contributed by atoms with Crippen molar-refractivity contribution < 1.29 is 27.1 Å². The molecule has 0 atom stereocenters. The zero-order valence-corrected chi connectivity index (χ0v) is 20.4. The Balaban J connectivity index is 1.88. The number of amides is 1. The summed E-state index contributed by atoms with van der Waals surface area (Å²) < 4.78 is 36.5. The third kappa shape index (κ3) is 6.23. The lowest BCUT2D eigenvalue weighted by atomic mass is 10.1. The molecule has 3 aromatic carbocycles. The average molecular weight is 558 g/mol. The van der Waals surface area contributed by atoms with Crippen LogP contribution in [0.3, 0.4) is 0 Å². The van der Waals surface area contributed by atoms with E-state index >= 15 is 0 Å². The fraction of sp³-hybridized carbons (Fsp3) is 0.0435. The number of hydrogen-bond acceptors (Lipinski definition) is 8. The Morgan fingerprint density at radius 1 is 1.11 bits per heavy atom. The quantitative estimate of drug-likeness (QED) is 0.138. The minimum absolute atomic E-state index is 0.0356. The molecule has 0 heterocycles. The number of methoxy groups -OCH3 is 1. The molecule has 0 fully saturated rings. The number of benzene rings is 3. The number of nitro groups is 1. The fourth-order valence-corrected chi connectivity index (χ4v) is 4.24. The molecule has 0 radical (unpaired) electrons. The molecule has 0 aliphatic rings. The second kappa shape index (κ2) is 10.8. The van der Waals surface area contributed by atoms with E-state index in [0.29, 0.717) is 11.3 Å². The number of carbonyl (C=O) groups excluding carboxylic acids is 1. The van der Waals surface area contributed by atoms with Gasteiger partial charge in [-0.2, -0.15) is 13.7 Å². The number of anilines is 1. The van der Waals surface area contributed by atoms with Crippen molar-refractivity contribution in [1.82, 2.24) is 0 Å². The van der Waals surface area contributed by atoms with Crippen LogP contribution in [0.15, 0.2) is 81.7 Å². The van der Waals surface area contributed by atoms with Crippen molar-refractivity contribution in [3.63, 3.8) is 0 Å². The standard InChI is InChI=1S/C23H16BrN3O7S/c1-33-21-13-15(12-16(14-25)23(28)26-18-9-7-17(24)8-10-18)6-11-20(21)34-35(31,32)22-5-3-2-4-19(22)27(29)30/h2-13H,1H3,(H,26,28)/b16-12+. The molecule has 10 nitrogen and oxygen atoms in total. The summed E-state index contributed by atoms with van der Waals surface area (Å²) in [5, 5.41) is 23.2. The predicted octanol–water partition coefficient (Wildman–Crippen LogP) is 4.68. The van der Waals surface area contributed by atoms with Gasteiger partial charge < -0.3 is 14.2 Å². The van der Waals surface area contributed by atoms with E-state index in [1.807, 2.05) is 6.07 Å². The highest BCUT2D eigenvalue weighted by molar-refractivity contribution is 9.10. The summed E-state index contributed by atoms with van der Waals surface area (Å²) in [6.07, 6.45) is 1.29. The van der Waals surface area contributed by atoms with Gasteiger partial charge in [0.2, 0.25) is 0 Å². The second-order valence-corrected chi connectivity index (χ2v) is 9.23.